The summed E-state index contributed by atoms with van der Waals surface area (Å²) in [6, 6.07) is 2.06. The summed E-state index contributed by atoms with van der Waals surface area (Å²) in [6.07, 6.45) is 6.68. The van der Waals surface area contributed by atoms with E-state index in [4.69, 9.17) is 13.9 Å². The van der Waals surface area contributed by atoms with Crippen molar-refractivity contribution >= 4 is 0 Å². The summed E-state index contributed by atoms with van der Waals surface area (Å²) in [4.78, 5) is 0. The highest BCUT2D eigenvalue weighted by atomic mass is 16.7. The minimum Gasteiger partial charge on any atom is -0.467 e. The Labute approximate surface area is 91.4 Å². The van der Waals surface area contributed by atoms with Crippen LogP contribution >= 0.6 is 0 Å². The molecule has 1 aromatic rings. The summed E-state index contributed by atoms with van der Waals surface area (Å²) in [5, 5.41) is 0. The molecular weight excluding hydrogens is 192 g/mol. The number of unbranched alkanes of at least 4 members (excludes halogenated alkanes) is 2. The van der Waals surface area contributed by atoms with E-state index >= 15 is 0 Å². The Bertz CT molecular complexity index is 231. The van der Waals surface area contributed by atoms with Crippen molar-refractivity contribution in [2.45, 2.75) is 39.2 Å². The zero-order valence-electron chi connectivity index (χ0n) is 9.62. The number of hydrogen-bond donors (Lipinski definition) is 0. The first-order chi connectivity index (χ1) is 7.36. The van der Waals surface area contributed by atoms with Crippen molar-refractivity contribution < 1.29 is 13.9 Å². The van der Waals surface area contributed by atoms with Crippen LogP contribution in [-0.4, -0.2) is 13.9 Å². The topological polar surface area (TPSA) is 31.6 Å². The van der Waals surface area contributed by atoms with E-state index in [1.54, 1.807) is 7.11 Å². The lowest BCUT2D eigenvalue weighted by Gasteiger charge is -1.98. The molecule has 15 heavy (non-hydrogen) atoms. The molecule has 0 unspecified atom stereocenters. The predicted octanol–water partition coefficient (Wildman–Crippen LogP) is 3.13. The molecule has 86 valence electrons. The molecule has 0 saturated heterocycles. The molecule has 1 rings (SSSR count). The van der Waals surface area contributed by atoms with E-state index in [1.807, 2.05) is 6.26 Å². The van der Waals surface area contributed by atoms with Gasteiger partial charge in [0.05, 0.1) is 6.26 Å². The third-order valence-corrected chi connectivity index (χ3v) is 2.22. The summed E-state index contributed by atoms with van der Waals surface area (Å²) >= 11 is 0. The van der Waals surface area contributed by atoms with Crippen molar-refractivity contribution in [3.8, 4) is 0 Å². The van der Waals surface area contributed by atoms with E-state index in [9.17, 15) is 0 Å². The highest BCUT2D eigenvalue weighted by Crippen LogP contribution is 2.12. The Hall–Kier alpha value is -0.800. The first-order valence-corrected chi connectivity index (χ1v) is 5.49. The number of methoxy groups -OCH3 is 1. The Morgan fingerprint density at radius 3 is 2.93 bits per heavy atom. The Kier molecular flexibility index (Phi) is 6.12. The monoisotopic (exact) mass is 212 g/mol. The quantitative estimate of drug-likeness (QED) is 0.490. The molecule has 0 saturated carbocycles. The van der Waals surface area contributed by atoms with Gasteiger partial charge in [0.2, 0.25) is 0 Å². The van der Waals surface area contributed by atoms with Crippen molar-refractivity contribution in [1.29, 1.82) is 0 Å². The van der Waals surface area contributed by atoms with Crippen molar-refractivity contribution in [3.63, 3.8) is 0 Å². The normalized spacial score (nSPS) is 10.8. The zero-order valence-corrected chi connectivity index (χ0v) is 9.62. The first-order valence-electron chi connectivity index (χ1n) is 5.49. The molecular formula is C12H20O3. The molecule has 0 radical (unpaired) electrons. The largest absolute Gasteiger partial charge is 0.467 e. The maximum atomic E-state index is 5.36. The fourth-order valence-electron chi connectivity index (χ4n) is 1.44. The Balaban J connectivity index is 2.23. The van der Waals surface area contributed by atoms with Gasteiger partial charge in [-0.15, -0.1) is 0 Å². The van der Waals surface area contributed by atoms with E-state index in [-0.39, 0.29) is 0 Å². The predicted molar refractivity (Wildman–Crippen MR) is 58.6 cm³/mol. The van der Waals surface area contributed by atoms with E-state index in [0.29, 0.717) is 13.4 Å². The molecule has 1 aromatic heterocycles. The maximum absolute atomic E-state index is 5.36. The third kappa shape index (κ3) is 5.00. The molecule has 0 amide bonds. The fraction of sp³-hybridized carbons (Fsp3) is 0.667. The van der Waals surface area contributed by atoms with Gasteiger partial charge in [0.1, 0.15) is 19.2 Å². The summed E-state index contributed by atoms with van der Waals surface area (Å²) in [6.45, 7) is 3.01. The zero-order chi connectivity index (χ0) is 10.9. The molecule has 0 fully saturated rings. The van der Waals surface area contributed by atoms with Gasteiger partial charge in [-0.1, -0.05) is 19.8 Å². The van der Waals surface area contributed by atoms with Gasteiger partial charge in [0.25, 0.3) is 0 Å². The van der Waals surface area contributed by atoms with Crippen LogP contribution in [0, 0.1) is 0 Å². The highest BCUT2D eigenvalue weighted by molar-refractivity contribution is 5.12. The molecule has 0 atom stereocenters. The second-order valence-corrected chi connectivity index (χ2v) is 3.63. The van der Waals surface area contributed by atoms with Gasteiger partial charge in [-0.05, 0) is 24.5 Å². The Morgan fingerprint density at radius 2 is 2.20 bits per heavy atom. The standard InChI is InChI=1S/C12H20O3/c1-3-4-5-6-11-7-12(15-8-11)9-14-10-13-2/h7-8H,3-6,9-10H2,1-2H3. The van der Waals surface area contributed by atoms with Crippen molar-refractivity contribution in [2.75, 3.05) is 13.9 Å². The molecule has 0 spiro atoms. The molecule has 1 heterocycles. The van der Waals surface area contributed by atoms with Gasteiger partial charge >= 0.3 is 0 Å². The number of aryl methyl sites for hydroxylation is 1. The third-order valence-electron chi connectivity index (χ3n) is 2.22. The number of hydrogen-bond acceptors (Lipinski definition) is 3. The van der Waals surface area contributed by atoms with E-state index in [0.717, 1.165) is 12.2 Å². The number of furan rings is 1. The molecule has 0 aromatic carbocycles. The lowest BCUT2D eigenvalue weighted by Crippen LogP contribution is -1.95. The van der Waals surface area contributed by atoms with Gasteiger partial charge in [-0.25, -0.2) is 0 Å². The van der Waals surface area contributed by atoms with Crippen LogP contribution in [0.5, 0.6) is 0 Å². The summed E-state index contributed by atoms with van der Waals surface area (Å²) < 4.78 is 15.3. The van der Waals surface area contributed by atoms with Crippen LogP contribution in [0.1, 0.15) is 37.5 Å². The first kappa shape index (κ1) is 12.3. The average molecular weight is 212 g/mol. The number of rotatable bonds is 8. The smallest absolute Gasteiger partial charge is 0.146 e. The van der Waals surface area contributed by atoms with Crippen LogP contribution in [0.4, 0.5) is 0 Å². The van der Waals surface area contributed by atoms with E-state index in [1.165, 1.54) is 24.8 Å². The van der Waals surface area contributed by atoms with Gasteiger partial charge < -0.3 is 13.9 Å². The minimum atomic E-state index is 0.311. The Morgan fingerprint density at radius 1 is 1.33 bits per heavy atom. The van der Waals surface area contributed by atoms with Gasteiger partial charge in [-0.3, -0.25) is 0 Å². The molecule has 0 bridgehead atoms. The van der Waals surface area contributed by atoms with Crippen molar-refractivity contribution in [1.82, 2.24) is 0 Å². The summed E-state index contributed by atoms with van der Waals surface area (Å²) in [5.74, 6) is 0.874. The maximum Gasteiger partial charge on any atom is 0.146 e. The van der Waals surface area contributed by atoms with Crippen LogP contribution in [0.2, 0.25) is 0 Å². The van der Waals surface area contributed by atoms with Crippen molar-refractivity contribution in [3.05, 3.63) is 23.7 Å². The van der Waals surface area contributed by atoms with Crippen LogP contribution in [0.15, 0.2) is 16.7 Å². The molecule has 0 N–H and O–H groups in total. The molecule has 0 aliphatic heterocycles. The molecule has 3 nitrogen and oxygen atoms in total. The summed E-state index contributed by atoms with van der Waals surface area (Å²) in [5.41, 5.74) is 1.26. The van der Waals surface area contributed by atoms with E-state index < -0.39 is 0 Å². The lowest BCUT2D eigenvalue weighted by molar-refractivity contribution is -0.0440. The minimum absolute atomic E-state index is 0.311. The van der Waals surface area contributed by atoms with E-state index in [2.05, 4.69) is 13.0 Å². The molecule has 0 aliphatic rings. The highest BCUT2D eigenvalue weighted by Gasteiger charge is 2.01. The average Bonchev–Trinajstić information content (AvgIpc) is 2.67. The van der Waals surface area contributed by atoms with Gasteiger partial charge in [0.15, 0.2) is 0 Å². The van der Waals surface area contributed by atoms with Crippen LogP contribution < -0.4 is 0 Å². The second-order valence-electron chi connectivity index (χ2n) is 3.63. The van der Waals surface area contributed by atoms with Crippen LogP contribution in [0.25, 0.3) is 0 Å². The fourth-order valence-corrected chi connectivity index (χ4v) is 1.44. The van der Waals surface area contributed by atoms with Crippen LogP contribution in [-0.2, 0) is 22.5 Å². The molecule has 0 aliphatic carbocycles. The lowest BCUT2D eigenvalue weighted by atomic mass is 10.1. The molecule has 3 heteroatoms. The van der Waals surface area contributed by atoms with Crippen LogP contribution in [0.3, 0.4) is 0 Å². The van der Waals surface area contributed by atoms with Crippen molar-refractivity contribution in [2.24, 2.45) is 0 Å². The van der Waals surface area contributed by atoms with Gasteiger partial charge in [0, 0.05) is 7.11 Å². The number of ether oxygens (including phenoxy) is 2. The second kappa shape index (κ2) is 7.49. The summed E-state index contributed by atoms with van der Waals surface area (Å²) in [7, 11) is 1.61. The SMILES string of the molecule is CCCCCc1coc(COCOC)c1. The van der Waals surface area contributed by atoms with Gasteiger partial charge in [-0.2, -0.15) is 0 Å².